The molecule has 0 aliphatic rings. The number of anilines is 2. The molecule has 1 aromatic carbocycles. The summed E-state index contributed by atoms with van der Waals surface area (Å²) in [6, 6.07) is 5.78. The van der Waals surface area contributed by atoms with Crippen LogP contribution in [0.5, 0.6) is 0 Å². The zero-order valence-electron chi connectivity index (χ0n) is 9.14. The molecule has 0 spiro atoms. The molecule has 0 unspecified atom stereocenters. The van der Waals surface area contributed by atoms with E-state index in [1.54, 1.807) is 24.3 Å². The first kappa shape index (κ1) is 13.3. The normalized spacial score (nSPS) is 10.9. The summed E-state index contributed by atoms with van der Waals surface area (Å²) in [6.45, 7) is 0. The zero-order valence-corrected chi connectivity index (χ0v) is 9.95. The highest BCUT2D eigenvalue weighted by atomic mass is 32.2. The Kier molecular flexibility index (Phi) is 4.30. The molecule has 0 atom stereocenters. The van der Waals surface area contributed by atoms with Gasteiger partial charge in [-0.1, -0.05) is 0 Å². The highest BCUT2D eigenvalue weighted by Crippen LogP contribution is 2.09. The van der Waals surface area contributed by atoms with Gasteiger partial charge in [0.15, 0.2) is 0 Å². The SMILES string of the molecule is COS(=O)(=O)CNC(=O)Nc1ccc(N)cc1. The first-order valence-corrected chi connectivity index (χ1v) is 6.19. The van der Waals surface area contributed by atoms with E-state index < -0.39 is 22.0 Å². The van der Waals surface area contributed by atoms with Crippen molar-refractivity contribution < 1.29 is 17.4 Å². The lowest BCUT2D eigenvalue weighted by molar-refractivity contribution is 0.253. The van der Waals surface area contributed by atoms with Gasteiger partial charge in [-0.05, 0) is 24.3 Å². The Morgan fingerprint density at radius 1 is 1.35 bits per heavy atom. The molecule has 0 saturated carbocycles. The molecule has 94 valence electrons. The van der Waals surface area contributed by atoms with Crippen LogP contribution in [0.3, 0.4) is 0 Å². The number of amides is 2. The molecular weight excluding hydrogens is 246 g/mol. The largest absolute Gasteiger partial charge is 0.399 e. The van der Waals surface area contributed by atoms with Crippen LogP contribution in [0.4, 0.5) is 16.2 Å². The summed E-state index contributed by atoms with van der Waals surface area (Å²) in [5.74, 6) is -0.593. The van der Waals surface area contributed by atoms with Gasteiger partial charge in [0.2, 0.25) is 0 Å². The molecule has 0 saturated heterocycles. The summed E-state index contributed by atoms with van der Waals surface area (Å²) in [6.07, 6.45) is 0. The predicted molar refractivity (Wildman–Crippen MR) is 63.8 cm³/mol. The minimum absolute atomic E-state index is 0.506. The van der Waals surface area contributed by atoms with E-state index in [9.17, 15) is 13.2 Å². The van der Waals surface area contributed by atoms with Crippen molar-refractivity contribution in [2.24, 2.45) is 0 Å². The lowest BCUT2D eigenvalue weighted by Crippen LogP contribution is -2.33. The van der Waals surface area contributed by atoms with Gasteiger partial charge >= 0.3 is 6.03 Å². The van der Waals surface area contributed by atoms with Gasteiger partial charge in [-0.25, -0.2) is 4.79 Å². The van der Waals surface area contributed by atoms with Gasteiger partial charge in [0.05, 0.1) is 7.11 Å². The summed E-state index contributed by atoms with van der Waals surface area (Å²) in [5.41, 5.74) is 6.54. The van der Waals surface area contributed by atoms with Crippen LogP contribution in [0, 0.1) is 0 Å². The van der Waals surface area contributed by atoms with Crippen LogP contribution in [0.25, 0.3) is 0 Å². The summed E-state index contributed by atoms with van der Waals surface area (Å²) >= 11 is 0. The molecule has 0 fully saturated rings. The van der Waals surface area contributed by atoms with E-state index >= 15 is 0 Å². The Morgan fingerprint density at radius 2 is 1.94 bits per heavy atom. The van der Waals surface area contributed by atoms with Gasteiger partial charge in [0, 0.05) is 11.4 Å². The molecule has 0 aromatic heterocycles. The fourth-order valence-electron chi connectivity index (χ4n) is 0.955. The van der Waals surface area contributed by atoms with Crippen molar-refractivity contribution in [1.82, 2.24) is 5.32 Å². The van der Waals surface area contributed by atoms with Crippen molar-refractivity contribution >= 4 is 27.5 Å². The number of nitrogens with two attached hydrogens (primary N) is 1. The van der Waals surface area contributed by atoms with Crippen LogP contribution >= 0.6 is 0 Å². The van der Waals surface area contributed by atoms with Crippen molar-refractivity contribution in [3.8, 4) is 0 Å². The number of rotatable bonds is 4. The Hall–Kier alpha value is -1.80. The average molecular weight is 259 g/mol. The van der Waals surface area contributed by atoms with Crippen LogP contribution in [-0.4, -0.2) is 27.4 Å². The van der Waals surface area contributed by atoms with Crippen LogP contribution < -0.4 is 16.4 Å². The number of nitrogens with one attached hydrogen (secondary N) is 2. The van der Waals surface area contributed by atoms with Gasteiger partial charge in [-0.2, -0.15) is 8.42 Å². The van der Waals surface area contributed by atoms with Crippen LogP contribution in [0.2, 0.25) is 0 Å². The fraction of sp³-hybridized carbons (Fsp3) is 0.222. The van der Waals surface area contributed by atoms with E-state index in [0.717, 1.165) is 7.11 Å². The van der Waals surface area contributed by atoms with Crippen molar-refractivity contribution in [2.75, 3.05) is 24.0 Å². The summed E-state index contributed by atoms with van der Waals surface area (Å²) < 4.78 is 26.0. The number of urea groups is 1. The highest BCUT2D eigenvalue weighted by Gasteiger charge is 2.10. The fourth-order valence-corrected chi connectivity index (χ4v) is 1.38. The molecule has 2 amide bonds. The Labute approximate surface area is 99.1 Å². The maximum Gasteiger partial charge on any atom is 0.320 e. The van der Waals surface area contributed by atoms with Crippen molar-refractivity contribution in [3.05, 3.63) is 24.3 Å². The predicted octanol–water partition coefficient (Wildman–Crippen LogP) is 0.324. The summed E-state index contributed by atoms with van der Waals surface area (Å²) in [4.78, 5) is 11.3. The van der Waals surface area contributed by atoms with Gasteiger partial charge in [-0.15, -0.1) is 0 Å². The highest BCUT2D eigenvalue weighted by molar-refractivity contribution is 7.86. The molecular formula is C9H13N3O4S. The van der Waals surface area contributed by atoms with Crippen LogP contribution in [0.15, 0.2) is 24.3 Å². The third-order valence-corrected chi connectivity index (χ3v) is 2.84. The Balaban J connectivity index is 2.48. The first-order chi connectivity index (χ1) is 7.93. The molecule has 0 bridgehead atoms. The number of hydrogen-bond acceptors (Lipinski definition) is 5. The average Bonchev–Trinajstić information content (AvgIpc) is 2.30. The minimum atomic E-state index is -3.71. The topological polar surface area (TPSA) is 111 Å². The van der Waals surface area contributed by atoms with E-state index in [1.165, 1.54) is 0 Å². The lowest BCUT2D eigenvalue weighted by atomic mass is 10.3. The molecule has 1 rings (SSSR count). The number of hydrogen-bond donors (Lipinski definition) is 3. The van der Waals surface area contributed by atoms with E-state index in [0.29, 0.717) is 11.4 Å². The van der Waals surface area contributed by atoms with E-state index in [2.05, 4.69) is 14.8 Å². The second-order valence-electron chi connectivity index (χ2n) is 3.12. The summed E-state index contributed by atoms with van der Waals surface area (Å²) in [7, 11) is -2.68. The molecule has 17 heavy (non-hydrogen) atoms. The molecule has 0 heterocycles. The third-order valence-electron chi connectivity index (χ3n) is 1.83. The second-order valence-corrected chi connectivity index (χ2v) is 4.86. The van der Waals surface area contributed by atoms with E-state index in [-0.39, 0.29) is 0 Å². The van der Waals surface area contributed by atoms with Gasteiger partial charge in [-0.3, -0.25) is 4.18 Å². The number of carbonyl (C=O) groups excluding carboxylic acids is 1. The van der Waals surface area contributed by atoms with Gasteiger partial charge in [0.25, 0.3) is 10.1 Å². The maximum absolute atomic E-state index is 11.3. The Bertz CT molecular complexity index is 483. The maximum atomic E-state index is 11.3. The van der Waals surface area contributed by atoms with E-state index in [4.69, 9.17) is 5.73 Å². The summed E-state index contributed by atoms with van der Waals surface area (Å²) in [5, 5.41) is 4.58. The molecule has 4 N–H and O–H groups in total. The van der Waals surface area contributed by atoms with Crippen molar-refractivity contribution in [1.29, 1.82) is 0 Å². The molecule has 0 aliphatic heterocycles. The lowest BCUT2D eigenvalue weighted by Gasteiger charge is -2.07. The smallest absolute Gasteiger partial charge is 0.320 e. The van der Waals surface area contributed by atoms with Gasteiger partial charge in [0.1, 0.15) is 5.88 Å². The number of benzene rings is 1. The molecule has 0 aliphatic carbocycles. The first-order valence-electron chi connectivity index (χ1n) is 4.61. The standard InChI is InChI=1S/C9H13N3O4S/c1-16-17(14,15)6-11-9(13)12-8-4-2-7(10)3-5-8/h2-5H,6,10H2,1H3,(H2,11,12,13). The van der Waals surface area contributed by atoms with Crippen molar-refractivity contribution in [3.63, 3.8) is 0 Å². The molecule has 0 radical (unpaired) electrons. The minimum Gasteiger partial charge on any atom is -0.399 e. The third kappa shape index (κ3) is 4.70. The quantitative estimate of drug-likeness (QED) is 0.533. The molecule has 7 nitrogen and oxygen atoms in total. The van der Waals surface area contributed by atoms with E-state index in [1.807, 2.05) is 0 Å². The second kappa shape index (κ2) is 5.51. The zero-order chi connectivity index (χ0) is 12.9. The van der Waals surface area contributed by atoms with Crippen LogP contribution in [0.1, 0.15) is 0 Å². The molecule has 1 aromatic rings. The molecule has 8 heteroatoms. The van der Waals surface area contributed by atoms with Crippen LogP contribution in [-0.2, 0) is 14.3 Å². The number of nitrogen functional groups attached to an aromatic ring is 1. The Morgan fingerprint density at radius 3 is 2.47 bits per heavy atom. The number of carbonyl (C=O) groups is 1. The van der Waals surface area contributed by atoms with Crippen molar-refractivity contribution in [2.45, 2.75) is 0 Å². The van der Waals surface area contributed by atoms with Gasteiger partial charge < -0.3 is 16.4 Å². The monoisotopic (exact) mass is 259 g/mol.